The van der Waals surface area contributed by atoms with E-state index in [1.165, 1.54) is 4.68 Å². The van der Waals surface area contributed by atoms with Crippen LogP contribution in [0.1, 0.15) is 48.9 Å². The molecule has 6 nitrogen and oxygen atoms in total. The molecule has 8 heteroatoms. The van der Waals surface area contributed by atoms with Gasteiger partial charge in [0, 0.05) is 10.0 Å². The second kappa shape index (κ2) is 13.2. The first kappa shape index (κ1) is 30.0. The van der Waals surface area contributed by atoms with Crippen LogP contribution in [0.5, 0.6) is 11.5 Å². The molecule has 5 aromatic rings. The smallest absolute Gasteiger partial charge is 0.282 e. The fourth-order valence-corrected chi connectivity index (χ4v) is 5.62. The molecule has 0 atom stereocenters. The van der Waals surface area contributed by atoms with Gasteiger partial charge in [0.2, 0.25) is 0 Å². The van der Waals surface area contributed by atoms with Gasteiger partial charge >= 0.3 is 0 Å². The summed E-state index contributed by atoms with van der Waals surface area (Å²) in [5, 5.41) is 5.20. The molecule has 0 aliphatic rings. The molecule has 0 bridgehead atoms. The number of ether oxygens (including phenoxy) is 2. The quantitative estimate of drug-likeness (QED) is 0.112. The normalized spacial score (nSPS) is 11.5. The van der Waals surface area contributed by atoms with E-state index < -0.39 is 0 Å². The summed E-state index contributed by atoms with van der Waals surface area (Å²) >= 11 is 5.72. The first-order chi connectivity index (χ1) is 20.2. The molecule has 0 amide bonds. The van der Waals surface area contributed by atoms with Gasteiger partial charge in [-0.05, 0) is 119 Å². The number of aryl methyl sites for hydroxylation is 1. The largest absolute Gasteiger partial charge is 0.494 e. The highest BCUT2D eigenvalue weighted by Gasteiger charge is 2.18. The highest BCUT2D eigenvalue weighted by atomic mass is 127. The van der Waals surface area contributed by atoms with Crippen molar-refractivity contribution in [1.82, 2.24) is 9.66 Å². The van der Waals surface area contributed by atoms with E-state index >= 15 is 0 Å². The van der Waals surface area contributed by atoms with Crippen molar-refractivity contribution in [3.05, 3.63) is 120 Å². The maximum absolute atomic E-state index is 13.8. The van der Waals surface area contributed by atoms with Gasteiger partial charge in [-0.15, -0.1) is 0 Å². The number of benzene rings is 4. The molecule has 0 N–H and O–H groups in total. The van der Waals surface area contributed by atoms with Gasteiger partial charge in [0.1, 0.15) is 18.1 Å². The topological polar surface area (TPSA) is 65.7 Å². The van der Waals surface area contributed by atoms with Gasteiger partial charge in [-0.3, -0.25) is 4.79 Å². The number of hydrogen-bond acceptors (Lipinski definition) is 5. The summed E-state index contributed by atoms with van der Waals surface area (Å²) in [5.74, 6) is 2.35. The van der Waals surface area contributed by atoms with Crippen LogP contribution in [0.15, 0.2) is 93.2 Å². The van der Waals surface area contributed by atoms with E-state index in [0.717, 1.165) is 47.4 Å². The molecule has 4 aromatic carbocycles. The van der Waals surface area contributed by atoms with Crippen molar-refractivity contribution in [2.75, 3.05) is 6.61 Å². The second-order valence-electron chi connectivity index (χ2n) is 10.2. The molecule has 0 fully saturated rings. The molecule has 0 radical (unpaired) electrons. The summed E-state index contributed by atoms with van der Waals surface area (Å²) in [6, 6.07) is 25.4. The van der Waals surface area contributed by atoms with Crippen LogP contribution in [0.2, 0.25) is 0 Å². The molecule has 0 saturated heterocycles. The van der Waals surface area contributed by atoms with Crippen molar-refractivity contribution >= 4 is 55.6 Å². The zero-order valence-corrected chi connectivity index (χ0v) is 27.6. The van der Waals surface area contributed by atoms with Crippen LogP contribution in [0.3, 0.4) is 0 Å². The molecule has 5 rings (SSSR count). The van der Waals surface area contributed by atoms with Crippen LogP contribution < -0.4 is 15.0 Å². The number of hydrogen-bond donors (Lipinski definition) is 0. The summed E-state index contributed by atoms with van der Waals surface area (Å²) in [4.78, 5) is 18.7. The minimum atomic E-state index is -0.227. The predicted molar refractivity (Wildman–Crippen MR) is 182 cm³/mol. The van der Waals surface area contributed by atoms with Gasteiger partial charge in [0.05, 0.1) is 27.3 Å². The van der Waals surface area contributed by atoms with E-state index in [4.69, 9.17) is 14.5 Å². The monoisotopic (exact) mass is 735 g/mol. The van der Waals surface area contributed by atoms with Crippen molar-refractivity contribution in [3.8, 4) is 22.9 Å². The van der Waals surface area contributed by atoms with E-state index in [9.17, 15) is 4.79 Å². The van der Waals surface area contributed by atoms with Crippen LogP contribution in [0, 0.1) is 10.5 Å². The van der Waals surface area contributed by atoms with Crippen molar-refractivity contribution in [2.24, 2.45) is 5.10 Å². The Bertz CT molecular complexity index is 1830. The highest BCUT2D eigenvalue weighted by Crippen LogP contribution is 2.34. The van der Waals surface area contributed by atoms with E-state index in [1.54, 1.807) is 12.3 Å². The molecular weight excluding hydrogens is 705 g/mol. The van der Waals surface area contributed by atoms with Gasteiger partial charge in [-0.25, -0.2) is 4.98 Å². The zero-order chi connectivity index (χ0) is 29.8. The third-order valence-electron chi connectivity index (χ3n) is 6.86. The first-order valence-electron chi connectivity index (χ1n) is 13.8. The first-order valence-corrected chi connectivity index (χ1v) is 15.6. The number of aromatic nitrogens is 2. The lowest BCUT2D eigenvalue weighted by atomic mass is 9.96. The zero-order valence-electron chi connectivity index (χ0n) is 23.9. The number of fused-ring (bicyclic) bond motifs is 1. The van der Waals surface area contributed by atoms with Crippen LogP contribution in [-0.4, -0.2) is 22.5 Å². The summed E-state index contributed by atoms with van der Waals surface area (Å²) in [6.07, 6.45) is 1.69. The van der Waals surface area contributed by atoms with Gasteiger partial charge in [0.25, 0.3) is 5.56 Å². The lowest BCUT2D eigenvalue weighted by Crippen LogP contribution is -2.21. The number of para-hydroxylation sites is 1. The highest BCUT2D eigenvalue weighted by molar-refractivity contribution is 14.1. The predicted octanol–water partition coefficient (Wildman–Crippen LogP) is 8.72. The Hall–Kier alpha value is -3.50. The van der Waals surface area contributed by atoms with Gasteiger partial charge in [-0.1, -0.05) is 54.0 Å². The maximum Gasteiger partial charge on any atom is 0.282 e. The van der Waals surface area contributed by atoms with E-state index in [1.807, 2.05) is 80.6 Å². The molecular formula is C34H31BrIN3O3. The van der Waals surface area contributed by atoms with Crippen LogP contribution >= 0.6 is 38.5 Å². The molecule has 0 saturated carbocycles. The fraction of sp³-hybridized carbons (Fsp3) is 0.206. The summed E-state index contributed by atoms with van der Waals surface area (Å²) in [5.41, 5.74) is 5.18. The molecule has 214 valence electrons. The average molecular weight is 736 g/mol. The van der Waals surface area contributed by atoms with Crippen molar-refractivity contribution in [2.45, 2.75) is 40.2 Å². The Morgan fingerprint density at radius 1 is 1.00 bits per heavy atom. The van der Waals surface area contributed by atoms with Gasteiger partial charge in [0.15, 0.2) is 5.82 Å². The number of nitrogens with zero attached hydrogens (tertiary/aromatic N) is 3. The molecule has 0 aliphatic heterocycles. The minimum Gasteiger partial charge on any atom is -0.494 e. The number of rotatable bonds is 9. The molecule has 0 spiro atoms. The van der Waals surface area contributed by atoms with Crippen molar-refractivity contribution in [1.29, 1.82) is 0 Å². The van der Waals surface area contributed by atoms with Crippen LogP contribution in [0.25, 0.3) is 22.3 Å². The molecule has 1 heterocycles. The second-order valence-corrected chi connectivity index (χ2v) is 12.3. The third-order valence-corrected chi connectivity index (χ3v) is 8.23. The van der Waals surface area contributed by atoms with Crippen LogP contribution in [0.4, 0.5) is 0 Å². The van der Waals surface area contributed by atoms with Crippen LogP contribution in [-0.2, 0) is 6.61 Å². The van der Waals surface area contributed by atoms with E-state index in [-0.39, 0.29) is 11.5 Å². The molecule has 42 heavy (non-hydrogen) atoms. The third kappa shape index (κ3) is 6.60. The number of halogens is 2. The summed E-state index contributed by atoms with van der Waals surface area (Å²) in [7, 11) is 0. The minimum absolute atomic E-state index is 0.224. The fourth-order valence-electron chi connectivity index (χ4n) is 4.66. The van der Waals surface area contributed by atoms with E-state index in [2.05, 4.69) is 63.5 Å². The standard InChI is InChI=1S/C34H31BrIN3O3/c1-5-41-32-16-22(4)28(18-27(32)21(2)3)33-38-30-9-7-6-8-26(30)34(40)39(33)37-19-24-12-15-31(29(36)17-24)42-20-23-10-13-25(35)14-11-23/h6-19,21H,5,20H2,1-4H3. The average Bonchev–Trinajstić information content (AvgIpc) is 2.97. The lowest BCUT2D eigenvalue weighted by molar-refractivity contribution is 0.304. The van der Waals surface area contributed by atoms with Gasteiger partial charge in [-0.2, -0.15) is 9.78 Å². The summed E-state index contributed by atoms with van der Waals surface area (Å²) in [6.45, 7) is 9.29. The maximum atomic E-state index is 13.8. The summed E-state index contributed by atoms with van der Waals surface area (Å²) < 4.78 is 15.4. The SMILES string of the molecule is CCOc1cc(C)c(-c2nc3ccccc3c(=O)n2N=Cc2ccc(OCc3ccc(Br)cc3)c(I)c2)cc1C(C)C. The molecule has 1 aromatic heterocycles. The van der Waals surface area contributed by atoms with Crippen molar-refractivity contribution < 1.29 is 9.47 Å². The Kier molecular flexibility index (Phi) is 9.43. The Balaban J connectivity index is 1.53. The Morgan fingerprint density at radius 3 is 2.48 bits per heavy atom. The molecule has 0 unspecified atom stereocenters. The van der Waals surface area contributed by atoms with Crippen molar-refractivity contribution in [3.63, 3.8) is 0 Å². The van der Waals surface area contributed by atoms with E-state index in [0.29, 0.717) is 29.9 Å². The van der Waals surface area contributed by atoms with Gasteiger partial charge < -0.3 is 9.47 Å². The Morgan fingerprint density at radius 2 is 1.76 bits per heavy atom. The lowest BCUT2D eigenvalue weighted by Gasteiger charge is -2.18. The molecule has 0 aliphatic carbocycles. The Labute approximate surface area is 267 Å².